The predicted molar refractivity (Wildman–Crippen MR) is 145 cm³/mol. The molecule has 0 aromatic heterocycles. The number of hydrogen-bond donors (Lipinski definition) is 0. The van der Waals surface area contributed by atoms with Crippen molar-refractivity contribution in [2.75, 3.05) is 21.1 Å². The molecule has 0 spiro atoms. The van der Waals surface area contributed by atoms with Crippen LogP contribution in [0.2, 0.25) is 0 Å². The van der Waals surface area contributed by atoms with Gasteiger partial charge in [0.1, 0.15) is 18.1 Å². The Bertz CT molecular complexity index is 961. The van der Waals surface area contributed by atoms with Crippen LogP contribution in [0.1, 0.15) is 68.7 Å². The second-order valence-corrected chi connectivity index (χ2v) is 11.3. The summed E-state index contributed by atoms with van der Waals surface area (Å²) in [5.74, 6) is -5.70. The number of ether oxygens (including phenoxy) is 3. The Hall–Kier alpha value is -3.18. The van der Waals surface area contributed by atoms with Gasteiger partial charge in [-0.2, -0.15) is 0 Å². The van der Waals surface area contributed by atoms with E-state index in [0.717, 1.165) is 9.80 Å². The lowest BCUT2D eigenvalue weighted by atomic mass is 9.96. The van der Waals surface area contributed by atoms with Crippen molar-refractivity contribution in [3.8, 4) is 0 Å². The third-order valence-corrected chi connectivity index (χ3v) is 7.55. The smallest absolute Gasteiger partial charge is 0.329 e. The van der Waals surface area contributed by atoms with E-state index < -0.39 is 83.9 Å². The molecule has 0 N–H and O–H groups in total. The Morgan fingerprint density at radius 1 is 0.600 bits per heavy atom. The monoisotopic (exact) mass is 569 g/mol. The van der Waals surface area contributed by atoms with E-state index in [1.807, 2.05) is 6.92 Å². The minimum absolute atomic E-state index is 0.366. The molecule has 12 nitrogen and oxygen atoms in total. The zero-order valence-corrected chi connectivity index (χ0v) is 25.9. The average Bonchev–Trinajstić information content (AvgIpc) is 2.90. The quantitative estimate of drug-likeness (QED) is 0.365. The van der Waals surface area contributed by atoms with Gasteiger partial charge in [-0.3, -0.25) is 14.4 Å². The van der Waals surface area contributed by atoms with Gasteiger partial charge in [0.2, 0.25) is 0 Å². The van der Waals surface area contributed by atoms with Crippen LogP contribution in [0.5, 0.6) is 0 Å². The van der Waals surface area contributed by atoms with E-state index in [2.05, 4.69) is 0 Å². The van der Waals surface area contributed by atoms with Crippen molar-refractivity contribution < 1.29 is 43.0 Å². The van der Waals surface area contributed by atoms with E-state index in [9.17, 15) is 28.8 Å². The van der Waals surface area contributed by atoms with Gasteiger partial charge in [-0.05, 0) is 38.5 Å². The number of rotatable bonds is 4. The van der Waals surface area contributed by atoms with Crippen molar-refractivity contribution in [3.05, 3.63) is 0 Å². The molecule has 40 heavy (non-hydrogen) atoms. The Kier molecular flexibility index (Phi) is 12.6. The Morgan fingerprint density at radius 2 is 0.975 bits per heavy atom. The fourth-order valence-corrected chi connectivity index (χ4v) is 4.20. The molecule has 1 fully saturated rings. The number of carbonyl (C=O) groups excluding carboxylic acids is 6. The van der Waals surface area contributed by atoms with Crippen LogP contribution in [0.25, 0.3) is 0 Å². The van der Waals surface area contributed by atoms with Gasteiger partial charge in [0.15, 0.2) is 18.3 Å². The normalized spacial score (nSPS) is 29.7. The molecule has 1 heterocycles. The number of hydrogen-bond acceptors (Lipinski definition) is 9. The molecule has 12 heteroatoms. The highest BCUT2D eigenvalue weighted by molar-refractivity contribution is 5.93. The van der Waals surface area contributed by atoms with Gasteiger partial charge in [-0.25, -0.2) is 14.4 Å². The first-order chi connectivity index (χ1) is 18.4. The Balaban J connectivity index is 3.67. The molecule has 1 rings (SSSR count). The third-order valence-electron chi connectivity index (χ3n) is 7.55. The molecular weight excluding hydrogens is 522 g/mol. The molecule has 0 aromatic rings. The topological polar surface area (TPSA) is 140 Å². The molecule has 0 aromatic carbocycles. The summed E-state index contributed by atoms with van der Waals surface area (Å²) in [5.41, 5.74) is 0. The molecule has 0 radical (unpaired) electrons. The van der Waals surface area contributed by atoms with Crippen LogP contribution in [0.4, 0.5) is 0 Å². The maximum atomic E-state index is 13.6. The highest BCUT2D eigenvalue weighted by Gasteiger charge is 2.42. The van der Waals surface area contributed by atoms with Crippen LogP contribution in [0, 0.1) is 17.8 Å². The van der Waals surface area contributed by atoms with Crippen molar-refractivity contribution in [1.29, 1.82) is 0 Å². The van der Waals surface area contributed by atoms with Gasteiger partial charge >= 0.3 is 17.9 Å². The van der Waals surface area contributed by atoms with Crippen LogP contribution in [-0.2, 0) is 43.0 Å². The number of esters is 3. The lowest BCUT2D eigenvalue weighted by molar-refractivity contribution is -0.178. The van der Waals surface area contributed by atoms with E-state index in [4.69, 9.17) is 14.2 Å². The summed E-state index contributed by atoms with van der Waals surface area (Å²) in [7, 11) is 4.16. The van der Waals surface area contributed by atoms with E-state index in [1.54, 1.807) is 34.6 Å². The van der Waals surface area contributed by atoms with Gasteiger partial charge in [0, 0.05) is 21.1 Å². The van der Waals surface area contributed by atoms with Gasteiger partial charge in [-0.1, -0.05) is 48.0 Å². The molecule has 1 aliphatic heterocycles. The molecule has 1 saturated heterocycles. The second kappa shape index (κ2) is 14.5. The fraction of sp³-hybridized carbons (Fsp3) is 0.786. The van der Waals surface area contributed by atoms with E-state index in [-0.39, 0.29) is 5.92 Å². The minimum Gasteiger partial charge on any atom is -0.451 e. The first kappa shape index (κ1) is 34.8. The van der Waals surface area contributed by atoms with Crippen LogP contribution in [0.3, 0.4) is 0 Å². The zero-order chi connectivity index (χ0) is 31.2. The molecule has 3 amide bonds. The highest BCUT2D eigenvalue weighted by atomic mass is 16.6. The molecule has 0 unspecified atom stereocenters. The third kappa shape index (κ3) is 7.94. The summed E-state index contributed by atoms with van der Waals surface area (Å²) in [6, 6.07) is -3.31. The first-order valence-electron chi connectivity index (χ1n) is 13.8. The molecule has 1 aliphatic rings. The van der Waals surface area contributed by atoms with E-state index in [1.165, 1.54) is 46.8 Å². The number of amides is 3. The van der Waals surface area contributed by atoms with Crippen molar-refractivity contribution in [2.24, 2.45) is 17.8 Å². The van der Waals surface area contributed by atoms with Crippen LogP contribution < -0.4 is 0 Å². The van der Waals surface area contributed by atoms with Gasteiger partial charge in [0.05, 0.1) is 0 Å². The maximum Gasteiger partial charge on any atom is 0.329 e. The first-order valence-corrected chi connectivity index (χ1v) is 13.8. The van der Waals surface area contributed by atoms with Crippen molar-refractivity contribution in [1.82, 2.24) is 14.7 Å². The lowest BCUT2D eigenvalue weighted by Gasteiger charge is -2.36. The van der Waals surface area contributed by atoms with Gasteiger partial charge < -0.3 is 28.9 Å². The maximum absolute atomic E-state index is 13.6. The van der Waals surface area contributed by atoms with E-state index >= 15 is 0 Å². The summed E-state index contributed by atoms with van der Waals surface area (Å²) in [6.07, 6.45) is -3.28. The number of cyclic esters (lactones) is 3. The average molecular weight is 570 g/mol. The van der Waals surface area contributed by atoms with E-state index in [0.29, 0.717) is 6.42 Å². The fourth-order valence-electron chi connectivity index (χ4n) is 4.20. The molecule has 0 aliphatic carbocycles. The number of carbonyl (C=O) groups is 6. The summed E-state index contributed by atoms with van der Waals surface area (Å²) in [4.78, 5) is 82.9. The number of likely N-dealkylation sites (N-methyl/N-ethyl adjacent to an activating group) is 3. The molecular formula is C28H47N3O9. The van der Waals surface area contributed by atoms with Crippen LogP contribution >= 0.6 is 0 Å². The Labute approximate surface area is 237 Å². The van der Waals surface area contributed by atoms with Crippen molar-refractivity contribution in [3.63, 3.8) is 0 Å². The van der Waals surface area contributed by atoms with Crippen LogP contribution in [0.15, 0.2) is 0 Å². The highest BCUT2D eigenvalue weighted by Crippen LogP contribution is 2.23. The minimum atomic E-state index is -1.28. The SMILES string of the molecule is CC[C@H](C)[C@H]1C(=O)O[C@H](C(C)C)C(=O)N(C)[C@@H](C)C(=O)O[C@H](C)C(=O)N(C)[C@@H](C)C(=O)O[C@H](C(C)C)C(=O)N1C. The van der Waals surface area contributed by atoms with Crippen molar-refractivity contribution >= 4 is 35.6 Å². The molecule has 0 saturated carbocycles. The van der Waals surface area contributed by atoms with Crippen molar-refractivity contribution in [2.45, 2.75) is 105 Å². The summed E-state index contributed by atoms with van der Waals surface area (Å²) in [5, 5.41) is 0. The lowest BCUT2D eigenvalue weighted by Crippen LogP contribution is -2.56. The van der Waals surface area contributed by atoms with Crippen LogP contribution in [-0.4, -0.2) is 108 Å². The summed E-state index contributed by atoms with van der Waals surface area (Å²) < 4.78 is 16.6. The summed E-state index contributed by atoms with van der Waals surface area (Å²) in [6.45, 7) is 14.6. The van der Waals surface area contributed by atoms with Gasteiger partial charge in [-0.15, -0.1) is 0 Å². The molecule has 7 atom stereocenters. The zero-order valence-electron chi connectivity index (χ0n) is 25.9. The molecule has 228 valence electrons. The molecule has 0 bridgehead atoms. The Morgan fingerprint density at radius 3 is 1.40 bits per heavy atom. The number of nitrogens with zero attached hydrogens (tertiary/aromatic N) is 3. The summed E-state index contributed by atoms with van der Waals surface area (Å²) >= 11 is 0. The second-order valence-electron chi connectivity index (χ2n) is 11.3. The largest absolute Gasteiger partial charge is 0.451 e. The predicted octanol–water partition coefficient (Wildman–Crippen LogP) is 1.63. The standard InChI is InChI=1S/C28H47N3O9/c1-13-16(6)20-28(37)40-21(14(2)3)24(33)30(11)17(7)26(35)38-19(9)23(32)29(10)18(8)27(36)39-22(15(4)5)25(34)31(20)12/h14-22H,13H2,1-12H3/t16-,17-,18-,19+,20-,21+,22+/m0/s1. The van der Waals surface area contributed by atoms with Gasteiger partial charge in [0.25, 0.3) is 17.7 Å².